The third-order valence-corrected chi connectivity index (χ3v) is 20.7. The van der Waals surface area contributed by atoms with Gasteiger partial charge < -0.3 is 49.5 Å². The number of fused-ring (bicyclic) bond motifs is 8. The number of halogens is 5. The van der Waals surface area contributed by atoms with Crippen molar-refractivity contribution in [2.45, 2.75) is 108 Å². The number of ether oxygens (including phenoxy) is 4. The number of alkyl halides is 1. The Kier molecular flexibility index (Phi) is 15.5. The monoisotopic (exact) mass is 1320 g/mol. The summed E-state index contributed by atoms with van der Waals surface area (Å²) in [6.45, 7) is 9.62. The lowest BCUT2D eigenvalue weighted by atomic mass is 9.81. The molecule has 3 fully saturated rings. The van der Waals surface area contributed by atoms with E-state index in [2.05, 4.69) is 27.1 Å². The number of hydrogen-bond acceptors (Lipinski definition) is 18. The number of thiophene rings is 1. The van der Waals surface area contributed by atoms with Gasteiger partial charge in [0.2, 0.25) is 0 Å². The second kappa shape index (κ2) is 23.5. The molecule has 94 heavy (non-hydrogen) atoms. The first-order chi connectivity index (χ1) is 45.1. The first kappa shape index (κ1) is 62.1. The molecule has 5 unspecified atom stereocenters. The number of anilines is 3. The number of pyridine rings is 2. The summed E-state index contributed by atoms with van der Waals surface area (Å²) in [4.78, 5) is 87.3. The van der Waals surface area contributed by atoms with Crippen molar-refractivity contribution in [2.75, 3.05) is 61.9 Å². The smallest absolute Gasteiger partial charge is 0.411 e. The number of cyclic esters (lactones) is 1. The number of nitrogen functional groups attached to an aromatic ring is 1. The molecule has 0 radical (unpaired) electrons. The fourth-order valence-corrected chi connectivity index (χ4v) is 15.9. The Bertz CT molecular complexity index is 4740. The number of amides is 3. The van der Waals surface area contributed by atoms with E-state index in [1.54, 1.807) is 49.1 Å². The SMILES string of the molecule is C=C(COC(=O)Nc1ccc(COC(=O)NC2CCc3c(C)c(F)cc4nc5c(c2c34)Cn2c-5cc3c(c2=O)COC(=O)C3(O)CC)cc1)C(=O)N1CCN(c2nc(OCC34CCCN3CC(F)C4)nc3c(F)c(-c4ccc(F)c5sc(N)c(C#N)c45)c(Cl)cc23)C(C)C1. The molecule has 21 nitrogen and oxygen atoms in total. The molecule has 0 bridgehead atoms. The Balaban J connectivity index is 0.617. The fourth-order valence-electron chi connectivity index (χ4n) is 14.6. The summed E-state index contributed by atoms with van der Waals surface area (Å²) in [5.41, 5.74) is 7.44. The van der Waals surface area contributed by atoms with E-state index in [9.17, 15) is 38.7 Å². The number of nitrogens with zero attached hydrogens (tertiary/aromatic N) is 8. The molecule has 5 aliphatic heterocycles. The average Bonchev–Trinajstić information content (AvgIpc) is 1.45. The lowest BCUT2D eigenvalue weighted by molar-refractivity contribution is -0.172. The molecule has 0 saturated carbocycles. The van der Waals surface area contributed by atoms with E-state index in [1.165, 1.54) is 22.8 Å². The number of benzene rings is 4. The maximum absolute atomic E-state index is 17.5. The molecule has 14 rings (SSSR count). The molecule has 1 aliphatic carbocycles. The quantitative estimate of drug-likeness (QED) is 0.0362. The Labute approximate surface area is 542 Å². The molecule has 9 heterocycles. The van der Waals surface area contributed by atoms with Crippen molar-refractivity contribution in [1.82, 2.24) is 34.6 Å². The van der Waals surface area contributed by atoms with Crippen LogP contribution in [-0.4, -0.2) is 122 Å². The van der Waals surface area contributed by atoms with Crippen LogP contribution in [0, 0.1) is 35.7 Å². The maximum Gasteiger partial charge on any atom is 0.411 e. The molecule has 4 aromatic heterocycles. The van der Waals surface area contributed by atoms with Gasteiger partial charge in [-0.2, -0.15) is 15.2 Å². The van der Waals surface area contributed by atoms with Crippen LogP contribution in [0.4, 0.5) is 43.7 Å². The van der Waals surface area contributed by atoms with Crippen molar-refractivity contribution in [1.29, 1.82) is 5.26 Å². The van der Waals surface area contributed by atoms with Gasteiger partial charge in [0.25, 0.3) is 11.5 Å². The zero-order valence-electron chi connectivity index (χ0n) is 51.0. The van der Waals surface area contributed by atoms with Crippen LogP contribution in [0.5, 0.6) is 6.01 Å². The molecule has 3 saturated heterocycles. The zero-order chi connectivity index (χ0) is 66.0. The topological polar surface area (TPSA) is 270 Å². The van der Waals surface area contributed by atoms with Gasteiger partial charge in [-0.1, -0.05) is 43.3 Å². The van der Waals surface area contributed by atoms with E-state index in [1.807, 2.05) is 17.9 Å². The van der Waals surface area contributed by atoms with Gasteiger partial charge >= 0.3 is 24.2 Å². The summed E-state index contributed by atoms with van der Waals surface area (Å²) in [7, 11) is 0. The summed E-state index contributed by atoms with van der Waals surface area (Å²) in [6, 6.07) is 14.0. The van der Waals surface area contributed by atoms with Crippen LogP contribution in [0.1, 0.15) is 96.5 Å². The minimum absolute atomic E-state index is 0.0197. The molecular formula is C67H60ClF4N11O10S. The highest BCUT2D eigenvalue weighted by atomic mass is 35.5. The molecule has 6 aliphatic rings. The maximum atomic E-state index is 17.5. The van der Waals surface area contributed by atoms with Crippen molar-refractivity contribution in [3.63, 3.8) is 0 Å². The van der Waals surface area contributed by atoms with Gasteiger partial charge in [-0.25, -0.2) is 36.9 Å². The Morgan fingerprint density at radius 1 is 0.989 bits per heavy atom. The Morgan fingerprint density at radius 2 is 1.79 bits per heavy atom. The summed E-state index contributed by atoms with van der Waals surface area (Å²) < 4.78 is 87.3. The number of nitrogens with one attached hydrogen (secondary N) is 2. The van der Waals surface area contributed by atoms with E-state index >= 15 is 13.2 Å². The van der Waals surface area contributed by atoms with Crippen molar-refractivity contribution in [3.05, 3.63) is 144 Å². The number of aliphatic hydroxyl groups is 1. The standard InChI is InChI=1S/C67H60ClF4N11O10S/c1-5-67(89)43-20-49-55-41(26-83(49)61(85)42(43)29-90-62(67)86)53-47(14-12-37-33(4)46(71)21-48(76-55)52(37)53)77-65(88)92-28-34-7-9-36(10-8-34)75-64(87)91-27-31(2)60(84)80-17-18-82(32(3)24-80)59-39-19-44(68)51(38-11-13-45(70)57-50(38)40(23-73)58(74)94-57)54(72)56(39)78-63(79-59)93-30-66-15-6-16-81(66)25-35(69)22-66/h7-11,13,19-21,32,35,47,89H,2,5-6,12,14-18,22,24-30,74H2,1,3-4H3,(H,75,87)(H,77,88). The number of hydrogen-bond donors (Lipinski definition) is 4. The molecule has 5 atom stereocenters. The van der Waals surface area contributed by atoms with Gasteiger partial charge in [-0.15, -0.1) is 11.3 Å². The van der Waals surface area contributed by atoms with E-state index in [-0.39, 0.29) is 142 Å². The number of aromatic nitrogens is 4. The highest BCUT2D eigenvalue weighted by Crippen LogP contribution is 2.49. The number of esters is 1. The minimum atomic E-state index is -2.05. The molecule has 8 aromatic rings. The normalized spacial score (nSPS) is 21.1. The van der Waals surface area contributed by atoms with Crippen molar-refractivity contribution < 1.29 is 60.8 Å². The zero-order valence-corrected chi connectivity index (χ0v) is 52.6. The third-order valence-electron chi connectivity index (χ3n) is 19.4. The number of rotatable bonds is 13. The van der Waals surface area contributed by atoms with Gasteiger partial charge in [-0.3, -0.25) is 19.8 Å². The van der Waals surface area contributed by atoms with Crippen LogP contribution < -0.4 is 31.6 Å². The molecule has 4 aromatic carbocycles. The van der Waals surface area contributed by atoms with Crippen molar-refractivity contribution >= 4 is 95.4 Å². The van der Waals surface area contributed by atoms with Gasteiger partial charge in [0.1, 0.15) is 66.6 Å². The highest BCUT2D eigenvalue weighted by molar-refractivity contribution is 7.23. The summed E-state index contributed by atoms with van der Waals surface area (Å²) in [5.74, 6) is -3.10. The fraction of sp³-hybridized carbons (Fsp3) is 0.358. The minimum Gasteiger partial charge on any atom is -0.461 e. The van der Waals surface area contributed by atoms with Crippen LogP contribution in [0.3, 0.4) is 0 Å². The van der Waals surface area contributed by atoms with Gasteiger partial charge in [0.05, 0.1) is 55.9 Å². The molecule has 5 N–H and O–H groups in total. The van der Waals surface area contributed by atoms with E-state index in [4.69, 9.17) is 46.3 Å². The number of nitriles is 1. The first-order valence-corrected chi connectivity index (χ1v) is 31.9. The molecular weight excluding hydrogens is 1260 g/mol. The second-order valence-corrected chi connectivity index (χ2v) is 26.3. The van der Waals surface area contributed by atoms with Crippen LogP contribution in [0.25, 0.3) is 54.4 Å². The predicted octanol–water partition coefficient (Wildman–Crippen LogP) is 10.4. The van der Waals surface area contributed by atoms with Crippen LogP contribution in [-0.2, 0) is 55.6 Å². The number of carbonyl (C=O) groups excluding carboxylic acids is 4. The number of alkyl carbamates (subject to hydrolysis) is 1. The lowest BCUT2D eigenvalue weighted by Crippen LogP contribution is -2.54. The van der Waals surface area contributed by atoms with Crippen molar-refractivity contribution in [3.8, 4) is 34.6 Å². The molecule has 3 amide bonds. The van der Waals surface area contributed by atoms with Crippen LogP contribution in [0.15, 0.2) is 71.5 Å². The molecule has 484 valence electrons. The van der Waals surface area contributed by atoms with E-state index in [0.29, 0.717) is 76.0 Å². The van der Waals surface area contributed by atoms with Crippen molar-refractivity contribution in [2.24, 2.45) is 0 Å². The Hall–Kier alpha value is -9.42. The molecule has 0 spiro atoms. The predicted molar refractivity (Wildman–Crippen MR) is 340 cm³/mol. The molecule has 27 heteroatoms. The van der Waals surface area contributed by atoms with Gasteiger partial charge in [0.15, 0.2) is 11.4 Å². The highest BCUT2D eigenvalue weighted by Gasteiger charge is 2.50. The second-order valence-electron chi connectivity index (χ2n) is 24.8. The Morgan fingerprint density at radius 3 is 2.55 bits per heavy atom. The summed E-state index contributed by atoms with van der Waals surface area (Å²) in [5, 5.41) is 28.0. The number of carbonyl (C=O) groups is 4. The van der Waals surface area contributed by atoms with Gasteiger partial charge in [0, 0.05) is 88.8 Å². The lowest BCUT2D eigenvalue weighted by Gasteiger charge is -2.41. The number of piperazine rings is 1. The van der Waals surface area contributed by atoms with Gasteiger partial charge in [-0.05, 0) is 111 Å². The number of aryl methyl sites for hydroxylation is 1. The summed E-state index contributed by atoms with van der Waals surface area (Å²) >= 11 is 7.84. The largest absolute Gasteiger partial charge is 0.461 e. The first-order valence-electron chi connectivity index (χ1n) is 30.7. The summed E-state index contributed by atoms with van der Waals surface area (Å²) in [6.07, 6.45) is -0.150. The van der Waals surface area contributed by atoms with Crippen LogP contribution in [0.2, 0.25) is 5.02 Å². The average molecular weight is 1320 g/mol. The third kappa shape index (κ3) is 10.2. The van der Waals surface area contributed by atoms with E-state index < -0.39 is 83.1 Å². The van der Waals surface area contributed by atoms with E-state index in [0.717, 1.165) is 29.4 Å². The van der Waals surface area contributed by atoms with Crippen LogP contribution >= 0.6 is 22.9 Å². The number of nitrogens with two attached hydrogens (primary N) is 1.